The van der Waals surface area contributed by atoms with Gasteiger partial charge in [0.2, 0.25) is 0 Å². The number of hydrogen-bond acceptors (Lipinski definition) is 6. The van der Waals surface area contributed by atoms with E-state index in [2.05, 4.69) is 0 Å². The molecular weight excluding hydrogens is 498 g/mol. The summed E-state index contributed by atoms with van der Waals surface area (Å²) >= 11 is 0. The van der Waals surface area contributed by atoms with Crippen molar-refractivity contribution >= 4 is 0 Å². The van der Waals surface area contributed by atoms with Crippen LogP contribution in [0.4, 0.5) is 0 Å². The minimum absolute atomic E-state index is 0. The van der Waals surface area contributed by atoms with Crippen molar-refractivity contribution in [1.82, 2.24) is 0 Å². The Morgan fingerprint density at radius 2 is 0.433 bits per heavy atom. The van der Waals surface area contributed by atoms with Gasteiger partial charge in [-0.15, -0.1) is 0 Å². The van der Waals surface area contributed by atoms with Crippen molar-refractivity contribution < 1.29 is 65.0 Å². The Kier molecular flexibility index (Phi) is 39.2. The fourth-order valence-corrected chi connectivity index (χ4v) is 3.56. The van der Waals surface area contributed by atoms with Crippen LogP contribution in [0.25, 0.3) is 0 Å². The van der Waals surface area contributed by atoms with Gasteiger partial charge in [-0.2, -0.15) is 0 Å². The van der Waals surface area contributed by atoms with Crippen molar-refractivity contribution in [2.45, 2.75) is 113 Å². The van der Waals surface area contributed by atoms with Crippen LogP contribution in [0.15, 0.2) is 0 Å². The molecule has 0 bridgehead atoms. The molecular formula is C18H46Cl3CoN6O2. The van der Waals surface area contributed by atoms with E-state index in [0.717, 1.165) is 38.5 Å². The van der Waals surface area contributed by atoms with Gasteiger partial charge < -0.3 is 82.6 Å². The van der Waals surface area contributed by atoms with Crippen molar-refractivity contribution in [3.05, 3.63) is 0 Å². The first kappa shape index (κ1) is 44.7. The molecule has 3 aliphatic carbocycles. The summed E-state index contributed by atoms with van der Waals surface area (Å²) in [6.45, 7) is 0. The number of nitrogens with two attached hydrogens (primary N) is 6. The Balaban J connectivity index is -0.0000000655. The summed E-state index contributed by atoms with van der Waals surface area (Å²) in [6.07, 6.45) is 14.4. The molecule has 0 spiro atoms. The molecule has 0 heterocycles. The maximum atomic E-state index is 5.65. The van der Waals surface area contributed by atoms with E-state index in [1.807, 2.05) is 0 Å². The van der Waals surface area contributed by atoms with Crippen LogP contribution < -0.4 is 71.6 Å². The van der Waals surface area contributed by atoms with Crippen LogP contribution in [0.1, 0.15) is 77.0 Å². The van der Waals surface area contributed by atoms with E-state index in [1.165, 1.54) is 38.5 Å². The first-order valence-corrected chi connectivity index (χ1v) is 9.95. The van der Waals surface area contributed by atoms with Crippen molar-refractivity contribution in [2.24, 2.45) is 34.4 Å². The van der Waals surface area contributed by atoms with Gasteiger partial charge in [0.25, 0.3) is 0 Å². The van der Waals surface area contributed by atoms with Crippen LogP contribution >= 0.6 is 0 Å². The average Bonchev–Trinajstić information content (AvgIpc) is 2.57. The molecule has 3 saturated carbocycles. The van der Waals surface area contributed by atoms with Crippen molar-refractivity contribution in [2.75, 3.05) is 0 Å². The molecule has 12 heteroatoms. The Hall–Kier alpha value is 1.06. The minimum Gasteiger partial charge on any atom is -1.00 e. The topological polar surface area (TPSA) is 219 Å². The Morgan fingerprint density at radius 3 is 0.500 bits per heavy atom. The van der Waals surface area contributed by atoms with Gasteiger partial charge >= 0.3 is 16.8 Å². The zero-order chi connectivity index (χ0) is 17.9. The first-order valence-electron chi connectivity index (χ1n) is 9.95. The van der Waals surface area contributed by atoms with E-state index in [9.17, 15) is 0 Å². The normalized spacial score (nSPS) is 31.8. The molecule has 6 atom stereocenters. The second-order valence-corrected chi connectivity index (χ2v) is 7.84. The fourth-order valence-electron chi connectivity index (χ4n) is 3.56. The third-order valence-corrected chi connectivity index (χ3v) is 5.62. The van der Waals surface area contributed by atoms with Crippen molar-refractivity contribution in [3.63, 3.8) is 0 Å². The van der Waals surface area contributed by atoms with Gasteiger partial charge in [-0.25, -0.2) is 0 Å². The average molecular weight is 544 g/mol. The molecule has 16 N–H and O–H groups in total. The van der Waals surface area contributed by atoms with Gasteiger partial charge in [-0.05, 0) is 38.5 Å². The number of rotatable bonds is 0. The van der Waals surface area contributed by atoms with Gasteiger partial charge in [-0.3, -0.25) is 0 Å². The van der Waals surface area contributed by atoms with E-state index in [-0.39, 0.29) is 101 Å². The van der Waals surface area contributed by atoms with Gasteiger partial charge in [0, 0.05) is 36.3 Å². The number of hydrogen-bond donors (Lipinski definition) is 6. The predicted molar refractivity (Wildman–Crippen MR) is 110 cm³/mol. The molecule has 190 valence electrons. The first-order chi connectivity index (χ1) is 11.4. The van der Waals surface area contributed by atoms with E-state index in [1.54, 1.807) is 0 Å². The van der Waals surface area contributed by atoms with Crippen LogP contribution in [0.3, 0.4) is 0 Å². The SMILES string of the molecule is N[C@@H]1CCCC[C@H]1N.N[C@@H]1CCCC[C@H]1N.N[C@@H]1CCCC[C@H]1N.O.O.[Cl-].[Cl-].[Cl-].[Co+3]. The maximum absolute atomic E-state index is 5.65. The van der Waals surface area contributed by atoms with Crippen LogP contribution in [0.2, 0.25) is 0 Å². The molecule has 0 aromatic rings. The third-order valence-electron chi connectivity index (χ3n) is 5.62. The second kappa shape index (κ2) is 26.3. The summed E-state index contributed by atoms with van der Waals surface area (Å²) in [7, 11) is 0. The van der Waals surface area contributed by atoms with Crippen LogP contribution in [-0.2, 0) is 16.8 Å². The van der Waals surface area contributed by atoms with Crippen molar-refractivity contribution in [1.29, 1.82) is 0 Å². The molecule has 0 saturated heterocycles. The fraction of sp³-hybridized carbons (Fsp3) is 1.00. The molecule has 0 amide bonds. The standard InChI is InChI=1S/3C6H14N2.3ClH.Co.2H2O/c3*7-5-3-1-2-4-6(5)8;;;;;;/h3*5-6H,1-4,7-8H2;3*1H;;2*1H2/q;;;;;;+3;;/p-3/t3*5-,6-;;;;;;/m111....../s1. The molecule has 30 heavy (non-hydrogen) atoms. The van der Waals surface area contributed by atoms with Gasteiger partial charge in [0.1, 0.15) is 0 Å². The van der Waals surface area contributed by atoms with Gasteiger partial charge in [-0.1, -0.05) is 38.5 Å². The van der Waals surface area contributed by atoms with Crippen LogP contribution in [0, 0.1) is 0 Å². The molecule has 3 aliphatic rings. The predicted octanol–water partition coefficient (Wildman–Crippen LogP) is -9.99. The molecule has 3 fully saturated rings. The van der Waals surface area contributed by atoms with E-state index in [0.29, 0.717) is 0 Å². The Morgan fingerprint density at radius 1 is 0.333 bits per heavy atom. The smallest absolute Gasteiger partial charge is 1.00 e. The van der Waals surface area contributed by atoms with Gasteiger partial charge in [0.05, 0.1) is 0 Å². The largest absolute Gasteiger partial charge is 3.00 e. The summed E-state index contributed by atoms with van der Waals surface area (Å²) < 4.78 is 0. The summed E-state index contributed by atoms with van der Waals surface area (Å²) in [6, 6.07) is 1.69. The molecule has 0 unspecified atom stereocenters. The summed E-state index contributed by atoms with van der Waals surface area (Å²) in [4.78, 5) is 0. The molecule has 8 nitrogen and oxygen atoms in total. The monoisotopic (exact) mass is 542 g/mol. The molecule has 3 rings (SSSR count). The van der Waals surface area contributed by atoms with E-state index in [4.69, 9.17) is 34.4 Å². The summed E-state index contributed by atoms with van der Waals surface area (Å²) in [5, 5.41) is 0. The van der Waals surface area contributed by atoms with Crippen LogP contribution in [-0.4, -0.2) is 47.2 Å². The van der Waals surface area contributed by atoms with Crippen LogP contribution in [0.5, 0.6) is 0 Å². The maximum Gasteiger partial charge on any atom is 3.00 e. The third kappa shape index (κ3) is 19.7. The minimum atomic E-state index is 0. The Bertz CT molecular complexity index is 267. The Labute approximate surface area is 212 Å². The summed E-state index contributed by atoms with van der Waals surface area (Å²) in [5.41, 5.74) is 33.9. The number of halogens is 3. The van der Waals surface area contributed by atoms with E-state index < -0.39 is 0 Å². The zero-order valence-corrected chi connectivity index (χ0v) is 21.2. The van der Waals surface area contributed by atoms with E-state index >= 15 is 0 Å². The zero-order valence-electron chi connectivity index (χ0n) is 17.9. The molecule has 0 aliphatic heterocycles. The quantitative estimate of drug-likeness (QED) is 0.174. The molecule has 0 aromatic carbocycles. The molecule has 0 aromatic heterocycles. The molecule has 0 radical (unpaired) electrons. The second-order valence-electron chi connectivity index (χ2n) is 7.84. The van der Waals surface area contributed by atoms with Gasteiger partial charge in [0.15, 0.2) is 0 Å². The summed E-state index contributed by atoms with van der Waals surface area (Å²) in [5.74, 6) is 0. The van der Waals surface area contributed by atoms with Crippen molar-refractivity contribution in [3.8, 4) is 0 Å².